The number of ether oxygens (including phenoxy) is 1. The third-order valence-electron chi connectivity index (χ3n) is 3.31. The molecule has 0 radical (unpaired) electrons. The van der Waals surface area contributed by atoms with Crippen molar-refractivity contribution in [2.24, 2.45) is 0 Å². The molecule has 1 aromatic heterocycles. The fourth-order valence-corrected chi connectivity index (χ4v) is 2.08. The highest BCUT2D eigenvalue weighted by atomic mass is 16.5. The number of amides is 2. The molecule has 20 heavy (non-hydrogen) atoms. The molecule has 1 atom stereocenters. The van der Waals surface area contributed by atoms with Gasteiger partial charge in [0.2, 0.25) is 0 Å². The van der Waals surface area contributed by atoms with E-state index in [2.05, 4.69) is 10.3 Å². The summed E-state index contributed by atoms with van der Waals surface area (Å²) in [5, 5.41) is 2.78. The van der Waals surface area contributed by atoms with Gasteiger partial charge in [-0.15, -0.1) is 0 Å². The minimum atomic E-state index is -0.543. The van der Waals surface area contributed by atoms with Gasteiger partial charge in [-0.1, -0.05) is 6.92 Å². The van der Waals surface area contributed by atoms with E-state index < -0.39 is 11.8 Å². The van der Waals surface area contributed by atoms with Gasteiger partial charge >= 0.3 is 11.8 Å². The van der Waals surface area contributed by atoms with Gasteiger partial charge in [0.25, 0.3) is 0 Å². The van der Waals surface area contributed by atoms with E-state index in [1.807, 2.05) is 17.7 Å². The summed E-state index contributed by atoms with van der Waals surface area (Å²) in [6, 6.07) is -0.0818. The normalized spacial score (nSPS) is 16.8. The average molecular weight is 280 g/mol. The molecule has 2 heterocycles. The number of nitrogens with one attached hydrogen (secondary N) is 1. The van der Waals surface area contributed by atoms with Crippen LogP contribution in [0.25, 0.3) is 0 Å². The molecular formula is C13H20N4O3. The van der Waals surface area contributed by atoms with E-state index in [0.717, 1.165) is 6.42 Å². The number of aromatic nitrogens is 2. The van der Waals surface area contributed by atoms with Crippen molar-refractivity contribution in [3.8, 4) is 0 Å². The molecule has 0 aromatic carbocycles. The first-order valence-electron chi connectivity index (χ1n) is 6.84. The Morgan fingerprint density at radius 2 is 2.15 bits per heavy atom. The summed E-state index contributed by atoms with van der Waals surface area (Å²) in [7, 11) is 0. The third kappa shape index (κ3) is 3.80. The van der Waals surface area contributed by atoms with Crippen LogP contribution in [0.4, 0.5) is 0 Å². The van der Waals surface area contributed by atoms with Crippen LogP contribution < -0.4 is 5.32 Å². The molecule has 0 aliphatic carbocycles. The second-order valence-corrected chi connectivity index (χ2v) is 4.74. The quantitative estimate of drug-likeness (QED) is 0.764. The second kappa shape index (κ2) is 7.04. The van der Waals surface area contributed by atoms with Gasteiger partial charge in [-0.05, 0) is 6.42 Å². The highest BCUT2D eigenvalue weighted by Crippen LogP contribution is 2.00. The van der Waals surface area contributed by atoms with Crippen molar-refractivity contribution < 1.29 is 14.3 Å². The number of imidazole rings is 1. The Bertz CT molecular complexity index is 440. The molecule has 7 nitrogen and oxygen atoms in total. The first kappa shape index (κ1) is 14.5. The molecule has 2 rings (SSSR count). The Morgan fingerprint density at radius 3 is 2.75 bits per heavy atom. The number of carbonyl (C=O) groups excluding carboxylic acids is 2. The molecule has 1 aliphatic heterocycles. The fraction of sp³-hybridized carbons (Fsp3) is 0.615. The minimum absolute atomic E-state index is 0.0818. The van der Waals surface area contributed by atoms with Crippen molar-refractivity contribution in [3.05, 3.63) is 18.7 Å². The van der Waals surface area contributed by atoms with Gasteiger partial charge in [-0.2, -0.15) is 0 Å². The van der Waals surface area contributed by atoms with Gasteiger partial charge < -0.3 is 19.5 Å². The van der Waals surface area contributed by atoms with Crippen LogP contribution >= 0.6 is 0 Å². The van der Waals surface area contributed by atoms with Crippen molar-refractivity contribution in [1.29, 1.82) is 0 Å². The van der Waals surface area contributed by atoms with Crippen LogP contribution in [-0.2, 0) is 20.9 Å². The molecule has 1 saturated heterocycles. The third-order valence-corrected chi connectivity index (χ3v) is 3.31. The molecular weight excluding hydrogens is 260 g/mol. The van der Waals surface area contributed by atoms with Crippen molar-refractivity contribution >= 4 is 11.8 Å². The van der Waals surface area contributed by atoms with Crippen LogP contribution in [0, 0.1) is 0 Å². The van der Waals surface area contributed by atoms with Gasteiger partial charge in [0, 0.05) is 38.1 Å². The first-order chi connectivity index (χ1) is 9.70. The van der Waals surface area contributed by atoms with Crippen LogP contribution in [0.2, 0.25) is 0 Å². The molecule has 0 spiro atoms. The molecule has 1 aliphatic rings. The molecule has 7 heteroatoms. The van der Waals surface area contributed by atoms with E-state index in [1.165, 1.54) is 4.90 Å². The standard InChI is InChI=1S/C13H20N4O3/c1-2-11(9-16-4-3-14-10-16)15-12(18)13(19)17-5-7-20-8-6-17/h3-4,10-11H,2,5-9H2,1H3,(H,15,18)/t11-/m1/s1. The van der Waals surface area contributed by atoms with Crippen molar-refractivity contribution in [2.45, 2.75) is 25.9 Å². The van der Waals surface area contributed by atoms with E-state index in [-0.39, 0.29) is 6.04 Å². The Labute approximate surface area is 117 Å². The summed E-state index contributed by atoms with van der Waals surface area (Å²) < 4.78 is 7.05. The van der Waals surface area contributed by atoms with Crippen molar-refractivity contribution in [2.75, 3.05) is 26.3 Å². The maximum Gasteiger partial charge on any atom is 0.312 e. The summed E-state index contributed by atoms with van der Waals surface area (Å²) in [5.74, 6) is -1.02. The predicted molar refractivity (Wildman–Crippen MR) is 71.8 cm³/mol. The van der Waals surface area contributed by atoms with Gasteiger partial charge in [0.15, 0.2) is 0 Å². The van der Waals surface area contributed by atoms with Gasteiger partial charge in [-0.25, -0.2) is 4.98 Å². The van der Waals surface area contributed by atoms with E-state index in [1.54, 1.807) is 12.5 Å². The van der Waals surface area contributed by atoms with Crippen LogP contribution in [0.1, 0.15) is 13.3 Å². The van der Waals surface area contributed by atoms with E-state index in [9.17, 15) is 9.59 Å². The molecule has 0 unspecified atom stereocenters. The van der Waals surface area contributed by atoms with Crippen molar-refractivity contribution in [3.63, 3.8) is 0 Å². The lowest BCUT2D eigenvalue weighted by Gasteiger charge is -2.27. The zero-order valence-electron chi connectivity index (χ0n) is 11.6. The zero-order valence-corrected chi connectivity index (χ0v) is 11.6. The number of nitrogens with zero attached hydrogens (tertiary/aromatic N) is 3. The van der Waals surface area contributed by atoms with E-state index in [4.69, 9.17) is 4.74 Å². The first-order valence-corrected chi connectivity index (χ1v) is 6.84. The van der Waals surface area contributed by atoms with Crippen LogP contribution in [0.5, 0.6) is 0 Å². The lowest BCUT2D eigenvalue weighted by Crippen LogP contribution is -2.50. The smallest absolute Gasteiger partial charge is 0.312 e. The maximum atomic E-state index is 12.0. The molecule has 2 amide bonds. The average Bonchev–Trinajstić information content (AvgIpc) is 2.99. The number of carbonyl (C=O) groups is 2. The Hall–Kier alpha value is -1.89. The molecule has 0 saturated carbocycles. The van der Waals surface area contributed by atoms with Crippen LogP contribution in [0.3, 0.4) is 0 Å². The summed E-state index contributed by atoms with van der Waals surface area (Å²) in [5.41, 5.74) is 0. The number of morpholine rings is 1. The lowest BCUT2D eigenvalue weighted by molar-refractivity contribution is -0.148. The Balaban J connectivity index is 1.86. The van der Waals surface area contributed by atoms with Gasteiger partial charge in [-0.3, -0.25) is 9.59 Å². The largest absolute Gasteiger partial charge is 0.378 e. The van der Waals surface area contributed by atoms with Gasteiger partial charge in [0.1, 0.15) is 0 Å². The number of hydrogen-bond acceptors (Lipinski definition) is 4. The Kier molecular flexibility index (Phi) is 5.11. The van der Waals surface area contributed by atoms with E-state index >= 15 is 0 Å². The molecule has 0 bridgehead atoms. The summed E-state index contributed by atoms with van der Waals surface area (Å²) in [6.07, 6.45) is 5.96. The summed E-state index contributed by atoms with van der Waals surface area (Å²) >= 11 is 0. The lowest BCUT2D eigenvalue weighted by atomic mass is 10.2. The Morgan fingerprint density at radius 1 is 1.40 bits per heavy atom. The predicted octanol–water partition coefficient (Wildman–Crippen LogP) is -0.363. The zero-order chi connectivity index (χ0) is 14.4. The van der Waals surface area contributed by atoms with Crippen molar-refractivity contribution in [1.82, 2.24) is 19.8 Å². The van der Waals surface area contributed by atoms with Crippen LogP contribution in [-0.4, -0.2) is 58.6 Å². The summed E-state index contributed by atoms with van der Waals surface area (Å²) in [4.78, 5) is 29.5. The van der Waals surface area contributed by atoms with Gasteiger partial charge in [0.05, 0.1) is 19.5 Å². The molecule has 1 aromatic rings. The number of rotatable bonds is 4. The van der Waals surface area contributed by atoms with Crippen LogP contribution in [0.15, 0.2) is 18.7 Å². The molecule has 1 N–H and O–H groups in total. The van der Waals surface area contributed by atoms with E-state index in [0.29, 0.717) is 32.8 Å². The monoisotopic (exact) mass is 280 g/mol. The molecule has 1 fully saturated rings. The minimum Gasteiger partial charge on any atom is -0.378 e. The highest BCUT2D eigenvalue weighted by molar-refractivity contribution is 6.35. The highest BCUT2D eigenvalue weighted by Gasteiger charge is 2.25. The number of hydrogen-bond donors (Lipinski definition) is 1. The topological polar surface area (TPSA) is 76.5 Å². The maximum absolute atomic E-state index is 12.0. The SMILES string of the molecule is CC[C@H](Cn1ccnc1)NC(=O)C(=O)N1CCOCC1. The summed E-state index contributed by atoms with van der Waals surface area (Å²) in [6.45, 7) is 4.52. The second-order valence-electron chi connectivity index (χ2n) is 4.74. The molecule has 110 valence electrons. The fourth-order valence-electron chi connectivity index (χ4n) is 2.08.